The summed E-state index contributed by atoms with van der Waals surface area (Å²) in [4.78, 5) is 219. The predicted molar refractivity (Wildman–Crippen MR) is 434 cm³/mol. The van der Waals surface area contributed by atoms with E-state index in [-0.39, 0.29) is 114 Å². The fourth-order valence-corrected chi connectivity index (χ4v) is 13.2. The summed E-state index contributed by atoms with van der Waals surface area (Å²) in [5, 5.41) is 62.1. The average Bonchev–Trinajstić information content (AvgIpc) is 1.65. The van der Waals surface area contributed by atoms with Crippen molar-refractivity contribution in [2.24, 2.45) is 23.1 Å². The standard InChI is InChI=1S/C73H108FN23O16S3/c1-38(2)58(59(75)101)96-70(112)56-22-14-28-97(56)71(113)49(21-13-27-83-73(78)79)89-68(110)54(35-115)94-65(107)51(30-42-32-84-45-18-9-8-17-44(42)45)91-62(104)47(20-12-26-82-72(76)77)87-64(106)50(29-41-15-6-5-7-16-41)90-66(108)52(31-43-33-80-37-85-43)92-63(105)48(23-24-57(99)100)88-67(109)53(34-114)95-69(111)55(36-116)93-61(103)46(86-40(4)98)19-10-11-25-81-60(102)39(3)74/h5-9,15-18,32-33,37-39,46-56,58,84,114-116H,10-14,19-31,34-36H2,1-4H3,(H2,75,101)(H,80,85)(H,81,102)(H,86,98)(H,87,106)(H,88,109)(H,89,110)(H,90,108)(H,91,104)(H,92,105)(H,93,103)(H,94,107)(H,95,111)(H,96,112)(H,99,100)(H4,76,77,82)(H4,78,79,83)/t39?,46-,47-,48-,49-,50+,51-,52-,53-,54-,55-,56-,58-/m0/s1. The molecule has 116 heavy (non-hydrogen) atoms. The minimum absolute atomic E-state index is 0.0168. The van der Waals surface area contributed by atoms with Gasteiger partial charge in [0, 0.05) is 105 Å². The van der Waals surface area contributed by atoms with Crippen LogP contribution in [0.25, 0.3) is 10.9 Å². The van der Waals surface area contributed by atoms with Gasteiger partial charge >= 0.3 is 5.97 Å². The molecular weight excluding hydrogens is 1570 g/mol. The van der Waals surface area contributed by atoms with Gasteiger partial charge in [0.1, 0.15) is 72.5 Å². The maximum absolute atomic E-state index is 15.2. The summed E-state index contributed by atoms with van der Waals surface area (Å²) in [6, 6.07) is -2.13. The third-order valence-electron chi connectivity index (χ3n) is 18.6. The fourth-order valence-electron chi connectivity index (χ4n) is 12.4. The van der Waals surface area contributed by atoms with Crippen LogP contribution in [-0.2, 0) is 91.2 Å². The highest BCUT2D eigenvalue weighted by Crippen LogP contribution is 2.23. The van der Waals surface area contributed by atoms with Gasteiger partial charge in [0.05, 0.1) is 6.33 Å². The number of carbonyl (C=O) groups is 15. The molecule has 0 aliphatic carbocycles. The van der Waals surface area contributed by atoms with Crippen LogP contribution in [0.15, 0.2) is 73.3 Å². The number of carbonyl (C=O) groups excluding carboxylic acids is 14. The molecule has 1 aliphatic rings. The molecule has 0 radical (unpaired) electrons. The lowest BCUT2D eigenvalue weighted by Crippen LogP contribution is -2.61. The number of H-pyrrole nitrogens is 2. The molecular formula is C73H108FN23O16S3. The number of guanidine groups is 2. The number of amides is 14. The molecule has 2 aromatic heterocycles. The Balaban J connectivity index is 1.43. The first-order chi connectivity index (χ1) is 55.1. The van der Waals surface area contributed by atoms with Crippen LogP contribution in [0.3, 0.4) is 0 Å². The minimum Gasteiger partial charge on any atom is -0.481 e. The van der Waals surface area contributed by atoms with Gasteiger partial charge in [-0.15, -0.1) is 0 Å². The number of aromatic amines is 2. The summed E-state index contributed by atoms with van der Waals surface area (Å²) in [7, 11) is 0. The SMILES string of the molecule is CC(=O)N[C@@H](CCCCNC(=O)C(C)F)C(=O)N[C@@H](CS)C(=O)N[C@@H](CS)C(=O)N[C@@H](CCC(=O)O)C(=O)N[C@@H](Cc1cnc[nH]1)C(=O)N[C@H](Cc1ccccc1)C(=O)N[C@@H](CCCNC(=N)N)C(=O)N[C@@H](Cc1c[nH]c2ccccc12)C(=O)N[C@@H](CS)C(=O)N[C@@H](CCCNC(=N)N)C(=O)N1CCC[C@H]1C(=O)N[C@H](C(N)=O)C(C)C. The molecule has 39 nitrogen and oxygen atoms in total. The second-order valence-corrected chi connectivity index (χ2v) is 29.1. The van der Waals surface area contributed by atoms with Crippen molar-refractivity contribution in [2.75, 3.05) is 43.4 Å². The maximum atomic E-state index is 15.2. The van der Waals surface area contributed by atoms with Gasteiger partial charge in [0.25, 0.3) is 5.91 Å². The molecule has 0 bridgehead atoms. The Hall–Kier alpha value is -11.2. The van der Waals surface area contributed by atoms with Gasteiger partial charge in [0.2, 0.25) is 76.8 Å². The number of halogens is 1. The zero-order chi connectivity index (χ0) is 85.7. The smallest absolute Gasteiger partial charge is 0.303 e. The number of fused-ring (bicyclic) bond motifs is 1. The van der Waals surface area contributed by atoms with Gasteiger partial charge in [0.15, 0.2) is 18.1 Å². The molecule has 43 heteroatoms. The number of carboxylic acids is 1. The van der Waals surface area contributed by atoms with Gasteiger partial charge in [-0.05, 0) is 94.2 Å². The number of alkyl halides is 1. The lowest BCUT2D eigenvalue weighted by Gasteiger charge is -2.31. The number of nitrogens with two attached hydrogens (primary N) is 3. The summed E-state index contributed by atoms with van der Waals surface area (Å²) in [5.74, 6) is -16.2. The number of aliphatic carboxylic acids is 1. The van der Waals surface area contributed by atoms with Crippen LogP contribution in [0.2, 0.25) is 0 Å². The number of nitrogens with zero attached hydrogens (tertiary/aromatic N) is 2. The average molecular weight is 1680 g/mol. The second kappa shape index (κ2) is 48.9. The van der Waals surface area contributed by atoms with E-state index in [9.17, 15) is 62.2 Å². The van der Waals surface area contributed by atoms with Crippen LogP contribution in [-0.4, -0.2) is 248 Å². The van der Waals surface area contributed by atoms with Gasteiger partial charge in [-0.25, -0.2) is 9.37 Å². The molecule has 1 aliphatic heterocycles. The number of imidazole rings is 1. The van der Waals surface area contributed by atoms with Crippen molar-refractivity contribution in [2.45, 2.75) is 196 Å². The normalized spacial score (nSPS) is 15.5. The monoisotopic (exact) mass is 1680 g/mol. The Morgan fingerprint density at radius 1 is 0.534 bits per heavy atom. The van der Waals surface area contributed by atoms with Crippen LogP contribution in [0.1, 0.15) is 115 Å². The summed E-state index contributed by atoms with van der Waals surface area (Å²) < 4.78 is 13.3. The molecule has 14 amide bonds. The van der Waals surface area contributed by atoms with E-state index in [4.69, 9.17) is 28.0 Å². The molecule has 5 rings (SSSR count). The lowest BCUT2D eigenvalue weighted by atomic mass is 10.0. The lowest BCUT2D eigenvalue weighted by molar-refractivity contribution is -0.142. The molecule has 1 fully saturated rings. The van der Waals surface area contributed by atoms with Crippen LogP contribution in [0.5, 0.6) is 0 Å². The largest absolute Gasteiger partial charge is 0.481 e. The second-order valence-electron chi connectivity index (χ2n) is 28.0. The molecule has 25 N–H and O–H groups in total. The molecule has 1 saturated heterocycles. The van der Waals surface area contributed by atoms with Crippen molar-refractivity contribution in [1.82, 2.24) is 94.3 Å². The van der Waals surface area contributed by atoms with E-state index >= 15 is 19.2 Å². The first-order valence-electron chi connectivity index (χ1n) is 37.7. The number of rotatable bonds is 50. The van der Waals surface area contributed by atoms with E-state index in [2.05, 4.69) is 127 Å². The highest BCUT2D eigenvalue weighted by Gasteiger charge is 2.41. The number of hydrogen-bond acceptors (Lipinski definition) is 21. The first kappa shape index (κ1) is 95.3. The van der Waals surface area contributed by atoms with E-state index in [1.165, 1.54) is 17.4 Å². The van der Waals surface area contributed by atoms with Crippen molar-refractivity contribution in [3.8, 4) is 0 Å². The Morgan fingerprint density at radius 3 is 1.47 bits per heavy atom. The molecule has 1 unspecified atom stereocenters. The van der Waals surface area contributed by atoms with Gasteiger partial charge in [-0.1, -0.05) is 62.4 Å². The van der Waals surface area contributed by atoms with E-state index < -0.39 is 198 Å². The van der Waals surface area contributed by atoms with E-state index in [1.807, 2.05) is 0 Å². The molecule has 636 valence electrons. The van der Waals surface area contributed by atoms with Crippen molar-refractivity contribution < 1.29 is 81.4 Å². The summed E-state index contributed by atoms with van der Waals surface area (Å²) in [6.45, 7) is 5.84. The predicted octanol–water partition coefficient (Wildman–Crippen LogP) is -3.77. The van der Waals surface area contributed by atoms with Crippen LogP contribution < -0.4 is 91.6 Å². The summed E-state index contributed by atoms with van der Waals surface area (Å²) in [5.41, 5.74) is 18.6. The number of benzene rings is 2. The van der Waals surface area contributed by atoms with Crippen LogP contribution >= 0.6 is 37.9 Å². The number of unbranched alkanes of at least 4 members (excludes halogenated alkanes) is 1. The third kappa shape index (κ3) is 31.9. The Labute approximate surface area is 685 Å². The fraction of sp³-hybridized carbons (Fsp3) is 0.534. The van der Waals surface area contributed by atoms with Gasteiger partial charge in [-0.3, -0.25) is 82.7 Å². The Bertz CT molecular complexity index is 4050. The number of hydrogen-bond donors (Lipinski definition) is 25. The first-order valence-corrected chi connectivity index (χ1v) is 39.6. The van der Waals surface area contributed by atoms with Gasteiger partial charge < -0.3 is 112 Å². The zero-order valence-corrected chi connectivity index (χ0v) is 67.5. The summed E-state index contributed by atoms with van der Waals surface area (Å²) in [6.07, 6.45) is 1.27. The van der Waals surface area contributed by atoms with E-state index in [0.717, 1.165) is 13.8 Å². The number of likely N-dealkylation sites (tertiary alicyclic amines) is 1. The quantitative estimate of drug-likeness (QED) is 0.00873. The number of nitrogens with one attached hydrogen (secondary N) is 18. The highest BCUT2D eigenvalue weighted by atomic mass is 32.1. The third-order valence-corrected chi connectivity index (χ3v) is 19.7. The Kier molecular flexibility index (Phi) is 40.2. The number of carboxylic acid groups (broad SMARTS) is 1. The van der Waals surface area contributed by atoms with Crippen molar-refractivity contribution >= 4 is 149 Å². The number of aromatic nitrogens is 3. The maximum Gasteiger partial charge on any atom is 0.303 e. The number of para-hydroxylation sites is 1. The topological polar surface area (TPSA) is 618 Å². The van der Waals surface area contributed by atoms with E-state index in [1.54, 1.807) is 74.6 Å². The molecule has 0 spiro atoms. The molecule has 4 aromatic rings. The summed E-state index contributed by atoms with van der Waals surface area (Å²) >= 11 is 12.9. The van der Waals surface area contributed by atoms with E-state index in [0.29, 0.717) is 34.9 Å². The van der Waals surface area contributed by atoms with Crippen LogP contribution in [0.4, 0.5) is 4.39 Å². The van der Waals surface area contributed by atoms with Gasteiger partial charge in [-0.2, -0.15) is 37.9 Å². The van der Waals surface area contributed by atoms with Crippen molar-refractivity contribution in [3.63, 3.8) is 0 Å². The minimum atomic E-state index is -1.77. The Morgan fingerprint density at radius 2 is 0.983 bits per heavy atom. The highest BCUT2D eigenvalue weighted by molar-refractivity contribution is 7.80. The van der Waals surface area contributed by atoms with Crippen LogP contribution in [0, 0.1) is 16.7 Å². The zero-order valence-electron chi connectivity index (χ0n) is 64.8. The molecule has 3 heterocycles. The number of primary amides is 1. The number of thiol groups is 3. The van der Waals surface area contributed by atoms with Crippen molar-refractivity contribution in [1.29, 1.82) is 10.8 Å². The molecule has 2 aromatic carbocycles. The van der Waals surface area contributed by atoms with Crippen molar-refractivity contribution in [3.05, 3.63) is 90.1 Å². The molecule has 0 saturated carbocycles. The molecule has 13 atom stereocenters.